The van der Waals surface area contributed by atoms with E-state index in [1.807, 2.05) is 18.2 Å². The van der Waals surface area contributed by atoms with Crippen molar-refractivity contribution in [2.45, 2.75) is 25.4 Å². The van der Waals surface area contributed by atoms with Crippen LogP contribution < -0.4 is 10.2 Å². The molecule has 1 fully saturated rings. The van der Waals surface area contributed by atoms with Crippen LogP contribution >= 0.6 is 11.6 Å². The minimum Gasteiger partial charge on any atom is -0.384 e. The standard InChI is InChI=1S/C25H24ClN3O4/c26-18-9-11-22(20(15-18)24(30)17-7-3-1-4-8-17)27-25(31)21-16-19(29(32)33)10-12-23(21)28-13-5-2-6-14-28/h1,3-4,7-12,15-16,24,30H,2,5-6,13-14H2,(H,27,31)/t24-/m1/s1. The highest BCUT2D eigenvalue weighted by atomic mass is 35.5. The first-order chi connectivity index (χ1) is 15.9. The summed E-state index contributed by atoms with van der Waals surface area (Å²) in [4.78, 5) is 26.3. The Bertz CT molecular complexity index is 1160. The minimum absolute atomic E-state index is 0.151. The molecule has 1 heterocycles. The largest absolute Gasteiger partial charge is 0.384 e. The number of benzene rings is 3. The molecule has 0 aromatic heterocycles. The van der Waals surface area contributed by atoms with Crippen molar-refractivity contribution in [1.29, 1.82) is 0 Å². The lowest BCUT2D eigenvalue weighted by Gasteiger charge is -2.30. The predicted molar refractivity (Wildman–Crippen MR) is 129 cm³/mol. The molecule has 170 valence electrons. The summed E-state index contributed by atoms with van der Waals surface area (Å²) in [5, 5.41) is 25.6. The highest BCUT2D eigenvalue weighted by Crippen LogP contribution is 2.33. The van der Waals surface area contributed by atoms with Gasteiger partial charge < -0.3 is 15.3 Å². The number of nitro groups is 1. The van der Waals surface area contributed by atoms with E-state index in [-0.39, 0.29) is 11.3 Å². The van der Waals surface area contributed by atoms with E-state index in [0.717, 1.165) is 32.4 Å². The van der Waals surface area contributed by atoms with Gasteiger partial charge in [0.1, 0.15) is 6.10 Å². The molecule has 0 aliphatic carbocycles. The third-order valence-corrected chi connectivity index (χ3v) is 6.04. The molecule has 0 bridgehead atoms. The van der Waals surface area contributed by atoms with Crippen LogP contribution in [-0.4, -0.2) is 29.0 Å². The molecular weight excluding hydrogens is 442 g/mol. The van der Waals surface area contributed by atoms with Crippen molar-refractivity contribution in [1.82, 2.24) is 0 Å². The van der Waals surface area contributed by atoms with Crippen LogP contribution in [0.25, 0.3) is 0 Å². The number of amides is 1. The number of hydrogen-bond donors (Lipinski definition) is 2. The van der Waals surface area contributed by atoms with Crippen LogP contribution in [0.4, 0.5) is 17.1 Å². The topological polar surface area (TPSA) is 95.7 Å². The average molecular weight is 466 g/mol. The molecule has 1 aliphatic rings. The van der Waals surface area contributed by atoms with Gasteiger partial charge in [0.05, 0.1) is 16.2 Å². The van der Waals surface area contributed by atoms with Gasteiger partial charge in [0.25, 0.3) is 11.6 Å². The van der Waals surface area contributed by atoms with E-state index < -0.39 is 16.9 Å². The fraction of sp³-hybridized carbons (Fsp3) is 0.240. The number of nitrogens with one attached hydrogen (secondary N) is 1. The van der Waals surface area contributed by atoms with Gasteiger partial charge in [-0.3, -0.25) is 14.9 Å². The van der Waals surface area contributed by atoms with E-state index >= 15 is 0 Å². The van der Waals surface area contributed by atoms with Crippen LogP contribution in [0.15, 0.2) is 66.7 Å². The van der Waals surface area contributed by atoms with Gasteiger partial charge in [0, 0.05) is 41.5 Å². The summed E-state index contributed by atoms with van der Waals surface area (Å²) < 4.78 is 0. The summed E-state index contributed by atoms with van der Waals surface area (Å²) in [6, 6.07) is 18.3. The molecule has 3 aromatic carbocycles. The third-order valence-electron chi connectivity index (χ3n) is 5.80. The van der Waals surface area contributed by atoms with E-state index in [1.54, 1.807) is 36.4 Å². The first kappa shape index (κ1) is 22.8. The summed E-state index contributed by atoms with van der Waals surface area (Å²) >= 11 is 6.18. The molecule has 0 saturated carbocycles. The smallest absolute Gasteiger partial charge is 0.270 e. The van der Waals surface area contributed by atoms with Crippen LogP contribution in [0.3, 0.4) is 0 Å². The number of hydrogen-bond acceptors (Lipinski definition) is 5. The first-order valence-corrected chi connectivity index (χ1v) is 11.2. The highest BCUT2D eigenvalue weighted by molar-refractivity contribution is 6.30. The zero-order valence-corrected chi connectivity index (χ0v) is 18.7. The Morgan fingerprint density at radius 2 is 1.76 bits per heavy atom. The number of halogens is 1. The first-order valence-electron chi connectivity index (χ1n) is 10.8. The highest BCUT2D eigenvalue weighted by Gasteiger charge is 2.24. The molecule has 0 unspecified atom stereocenters. The Morgan fingerprint density at radius 3 is 2.45 bits per heavy atom. The van der Waals surface area contributed by atoms with Gasteiger partial charge in [-0.15, -0.1) is 0 Å². The maximum absolute atomic E-state index is 13.4. The minimum atomic E-state index is -1.01. The van der Waals surface area contributed by atoms with Gasteiger partial charge >= 0.3 is 0 Å². The number of non-ortho nitro benzene ring substituents is 1. The molecule has 1 amide bonds. The number of aliphatic hydroxyl groups is 1. The lowest BCUT2D eigenvalue weighted by molar-refractivity contribution is -0.384. The molecule has 7 nitrogen and oxygen atoms in total. The average Bonchev–Trinajstić information content (AvgIpc) is 2.85. The van der Waals surface area contributed by atoms with Gasteiger partial charge in [0.2, 0.25) is 0 Å². The normalized spacial score (nSPS) is 14.5. The van der Waals surface area contributed by atoms with Gasteiger partial charge in [-0.25, -0.2) is 0 Å². The van der Waals surface area contributed by atoms with Crippen molar-refractivity contribution in [3.8, 4) is 0 Å². The second-order valence-electron chi connectivity index (χ2n) is 8.01. The summed E-state index contributed by atoms with van der Waals surface area (Å²) in [7, 11) is 0. The quantitative estimate of drug-likeness (QED) is 0.366. The fourth-order valence-corrected chi connectivity index (χ4v) is 4.29. The monoisotopic (exact) mass is 465 g/mol. The summed E-state index contributed by atoms with van der Waals surface area (Å²) in [5.74, 6) is -0.483. The van der Waals surface area contributed by atoms with E-state index in [4.69, 9.17) is 11.6 Å². The SMILES string of the molecule is O=C(Nc1ccc(Cl)cc1[C@H](O)c1ccccc1)c1cc([N+](=O)[O-])ccc1N1CCCCC1. The van der Waals surface area contributed by atoms with Crippen molar-refractivity contribution in [2.75, 3.05) is 23.3 Å². The number of aliphatic hydroxyl groups excluding tert-OH is 1. The van der Waals surface area contributed by atoms with E-state index in [0.29, 0.717) is 27.5 Å². The maximum atomic E-state index is 13.4. The zero-order chi connectivity index (χ0) is 23.4. The summed E-state index contributed by atoms with van der Waals surface area (Å²) in [6.07, 6.45) is 2.12. The Hall–Kier alpha value is -3.42. The molecular formula is C25H24ClN3O4. The van der Waals surface area contributed by atoms with Gasteiger partial charge in [-0.2, -0.15) is 0 Å². The fourth-order valence-electron chi connectivity index (χ4n) is 4.11. The van der Waals surface area contributed by atoms with E-state index in [1.165, 1.54) is 12.1 Å². The second kappa shape index (κ2) is 10.0. The van der Waals surface area contributed by atoms with E-state index in [9.17, 15) is 20.0 Å². The molecule has 0 radical (unpaired) electrons. The second-order valence-corrected chi connectivity index (χ2v) is 8.44. The molecule has 4 rings (SSSR count). The molecule has 0 spiro atoms. The van der Waals surface area contributed by atoms with Crippen molar-refractivity contribution < 1.29 is 14.8 Å². The molecule has 2 N–H and O–H groups in total. The molecule has 3 aromatic rings. The number of piperidine rings is 1. The van der Waals surface area contributed by atoms with Gasteiger partial charge in [-0.05, 0) is 49.1 Å². The van der Waals surface area contributed by atoms with E-state index in [2.05, 4.69) is 10.2 Å². The lowest BCUT2D eigenvalue weighted by atomic mass is 9.99. The molecule has 1 atom stereocenters. The van der Waals surface area contributed by atoms with Crippen molar-refractivity contribution in [2.24, 2.45) is 0 Å². The number of anilines is 2. The Balaban J connectivity index is 1.70. The van der Waals surface area contributed by atoms with Crippen LogP contribution in [-0.2, 0) is 0 Å². The Labute approximate surface area is 196 Å². The summed E-state index contributed by atoms with van der Waals surface area (Å²) in [5.41, 5.74) is 2.21. The van der Waals surface area contributed by atoms with Crippen LogP contribution in [0.2, 0.25) is 5.02 Å². The van der Waals surface area contributed by atoms with Gasteiger partial charge in [0.15, 0.2) is 0 Å². The number of carbonyl (C=O) groups excluding carboxylic acids is 1. The molecule has 1 saturated heterocycles. The van der Waals surface area contributed by atoms with Crippen molar-refractivity contribution in [3.05, 3.63) is 98.6 Å². The summed E-state index contributed by atoms with van der Waals surface area (Å²) in [6.45, 7) is 1.58. The number of nitro benzene ring substituents is 1. The van der Waals surface area contributed by atoms with Gasteiger partial charge in [-0.1, -0.05) is 41.9 Å². The third kappa shape index (κ3) is 5.16. The van der Waals surface area contributed by atoms with Crippen molar-refractivity contribution >= 4 is 34.6 Å². The van der Waals surface area contributed by atoms with Crippen LogP contribution in [0.5, 0.6) is 0 Å². The lowest BCUT2D eigenvalue weighted by Crippen LogP contribution is -2.31. The Kier molecular flexibility index (Phi) is 6.91. The zero-order valence-electron chi connectivity index (χ0n) is 17.9. The maximum Gasteiger partial charge on any atom is 0.270 e. The number of carbonyl (C=O) groups is 1. The number of nitrogens with zero attached hydrogens (tertiary/aromatic N) is 2. The predicted octanol–water partition coefficient (Wildman–Crippen LogP) is 5.57. The number of rotatable bonds is 6. The molecule has 33 heavy (non-hydrogen) atoms. The molecule has 8 heteroatoms. The molecule has 1 aliphatic heterocycles. The van der Waals surface area contributed by atoms with Crippen LogP contribution in [0, 0.1) is 10.1 Å². The van der Waals surface area contributed by atoms with Crippen LogP contribution in [0.1, 0.15) is 46.9 Å². The van der Waals surface area contributed by atoms with Crippen molar-refractivity contribution in [3.63, 3.8) is 0 Å². The Morgan fingerprint density at radius 1 is 1.03 bits per heavy atom.